The Morgan fingerprint density at radius 3 is 2.21 bits per heavy atom. The first kappa shape index (κ1) is 21.0. The van der Waals surface area contributed by atoms with E-state index in [0.717, 1.165) is 24.0 Å². The van der Waals surface area contributed by atoms with E-state index in [1.165, 1.54) is 11.1 Å². The molecule has 0 aliphatic carbocycles. The first-order valence-electron chi connectivity index (χ1n) is 9.80. The Balaban J connectivity index is 1.92. The molecular formula is C23H30O5. The number of rotatable bonds is 5. The highest BCUT2D eigenvalue weighted by Crippen LogP contribution is 2.39. The van der Waals surface area contributed by atoms with Crippen molar-refractivity contribution in [2.24, 2.45) is 0 Å². The van der Waals surface area contributed by atoms with E-state index in [9.17, 15) is 20.4 Å². The summed E-state index contributed by atoms with van der Waals surface area (Å²) in [5.41, 5.74) is 4.17. The lowest BCUT2D eigenvalue weighted by atomic mass is 9.80. The van der Waals surface area contributed by atoms with Crippen LogP contribution in [0.5, 0.6) is 0 Å². The van der Waals surface area contributed by atoms with Gasteiger partial charge in [-0.05, 0) is 54.5 Å². The summed E-state index contributed by atoms with van der Waals surface area (Å²) in [6.07, 6.45) is -3.27. The predicted molar refractivity (Wildman–Crippen MR) is 107 cm³/mol. The molecule has 4 N–H and O–H groups in total. The van der Waals surface area contributed by atoms with Crippen LogP contribution in [0, 0.1) is 6.92 Å². The summed E-state index contributed by atoms with van der Waals surface area (Å²) in [7, 11) is 0. The van der Waals surface area contributed by atoms with Crippen LogP contribution in [-0.2, 0) is 23.2 Å². The molecule has 1 heterocycles. The first-order chi connectivity index (χ1) is 13.3. The second-order valence-electron chi connectivity index (χ2n) is 7.86. The third-order valence-corrected chi connectivity index (χ3v) is 5.94. The molecule has 28 heavy (non-hydrogen) atoms. The van der Waals surface area contributed by atoms with E-state index in [1.54, 1.807) is 6.92 Å². The van der Waals surface area contributed by atoms with Gasteiger partial charge in [-0.15, -0.1) is 0 Å². The summed E-state index contributed by atoms with van der Waals surface area (Å²) >= 11 is 0. The van der Waals surface area contributed by atoms with Crippen LogP contribution in [0.1, 0.15) is 41.7 Å². The van der Waals surface area contributed by atoms with Gasteiger partial charge in [-0.1, -0.05) is 49.4 Å². The topological polar surface area (TPSA) is 90.2 Å². The molecule has 0 saturated carbocycles. The summed E-state index contributed by atoms with van der Waals surface area (Å²) in [4.78, 5) is 0. The quantitative estimate of drug-likeness (QED) is 0.630. The van der Waals surface area contributed by atoms with Crippen LogP contribution in [0.2, 0.25) is 0 Å². The fraction of sp³-hybridized carbons (Fsp3) is 0.478. The van der Waals surface area contributed by atoms with Crippen LogP contribution in [0.4, 0.5) is 0 Å². The lowest BCUT2D eigenvalue weighted by molar-refractivity contribution is -0.273. The van der Waals surface area contributed by atoms with Gasteiger partial charge in [-0.2, -0.15) is 0 Å². The molecule has 5 atom stereocenters. The molecule has 0 amide bonds. The van der Waals surface area contributed by atoms with Crippen LogP contribution in [0.25, 0.3) is 0 Å². The maximum Gasteiger partial charge on any atom is 0.119 e. The van der Waals surface area contributed by atoms with Crippen molar-refractivity contribution in [2.45, 2.75) is 63.6 Å². The Morgan fingerprint density at radius 2 is 1.61 bits per heavy atom. The molecule has 0 radical (unpaired) electrons. The second-order valence-corrected chi connectivity index (χ2v) is 7.86. The van der Waals surface area contributed by atoms with Crippen LogP contribution >= 0.6 is 0 Å². The standard InChI is InChI=1S/C23H30O5/c1-4-15-6-8-16(9-7-15)11-17-12-18(10-5-14(17)2)23(3)22(27)21(26)20(25)19(13-24)28-23/h5-10,12,19-22,24-27H,4,11,13H2,1-3H3/t19-,20+,21-,22+,23-/m0/s1. The Morgan fingerprint density at radius 1 is 0.964 bits per heavy atom. The second kappa shape index (κ2) is 8.31. The van der Waals surface area contributed by atoms with Crippen LogP contribution in [-0.4, -0.2) is 51.4 Å². The molecule has 0 bridgehead atoms. The van der Waals surface area contributed by atoms with Crippen molar-refractivity contribution in [1.29, 1.82) is 0 Å². The predicted octanol–water partition coefficient (Wildman–Crippen LogP) is 1.84. The normalized spacial score (nSPS) is 30.4. The van der Waals surface area contributed by atoms with Crippen molar-refractivity contribution < 1.29 is 25.2 Å². The average Bonchev–Trinajstić information content (AvgIpc) is 2.71. The minimum absolute atomic E-state index is 0.441. The Hall–Kier alpha value is -1.76. The lowest BCUT2D eigenvalue weighted by Gasteiger charge is -2.47. The zero-order valence-corrected chi connectivity index (χ0v) is 16.7. The minimum atomic E-state index is -1.40. The third-order valence-electron chi connectivity index (χ3n) is 5.94. The van der Waals surface area contributed by atoms with E-state index in [1.807, 2.05) is 25.1 Å². The summed E-state index contributed by atoms with van der Waals surface area (Å²) in [5.74, 6) is 0. The van der Waals surface area contributed by atoms with Gasteiger partial charge in [0.05, 0.1) is 6.61 Å². The molecule has 0 spiro atoms. The molecule has 2 aromatic rings. The van der Waals surface area contributed by atoms with E-state index in [4.69, 9.17) is 4.74 Å². The van der Waals surface area contributed by atoms with E-state index in [-0.39, 0.29) is 0 Å². The van der Waals surface area contributed by atoms with Gasteiger partial charge >= 0.3 is 0 Å². The highest BCUT2D eigenvalue weighted by atomic mass is 16.6. The molecule has 5 heteroatoms. The van der Waals surface area contributed by atoms with Gasteiger partial charge in [0.1, 0.15) is 30.0 Å². The van der Waals surface area contributed by atoms with E-state index in [0.29, 0.717) is 5.56 Å². The molecule has 0 unspecified atom stereocenters. The van der Waals surface area contributed by atoms with E-state index in [2.05, 4.69) is 31.2 Å². The van der Waals surface area contributed by atoms with Crippen molar-refractivity contribution in [3.8, 4) is 0 Å². The first-order valence-corrected chi connectivity index (χ1v) is 9.80. The number of hydrogen-bond donors (Lipinski definition) is 4. The van der Waals surface area contributed by atoms with Crippen LogP contribution in [0.15, 0.2) is 42.5 Å². The molecule has 1 saturated heterocycles. The number of aliphatic hydroxyl groups excluding tert-OH is 4. The number of ether oxygens (including phenoxy) is 1. The summed E-state index contributed by atoms with van der Waals surface area (Å²) in [5, 5.41) is 40.4. The average molecular weight is 386 g/mol. The maximum absolute atomic E-state index is 10.6. The van der Waals surface area contributed by atoms with Crippen molar-refractivity contribution in [3.05, 3.63) is 70.3 Å². The van der Waals surface area contributed by atoms with Gasteiger partial charge in [-0.25, -0.2) is 0 Å². The van der Waals surface area contributed by atoms with Gasteiger partial charge in [0, 0.05) is 0 Å². The van der Waals surface area contributed by atoms with E-state index >= 15 is 0 Å². The Bertz CT molecular complexity index is 801. The molecule has 0 aromatic heterocycles. The van der Waals surface area contributed by atoms with Crippen molar-refractivity contribution in [1.82, 2.24) is 0 Å². The fourth-order valence-electron chi connectivity index (χ4n) is 3.85. The SMILES string of the molecule is CCc1ccc(Cc2cc([C@]3(C)O[C@@H](CO)[C@@H](O)[C@H](O)[C@H]3O)ccc2C)cc1. The highest BCUT2D eigenvalue weighted by Gasteiger charge is 2.51. The summed E-state index contributed by atoms with van der Waals surface area (Å²) < 4.78 is 5.87. The number of benzene rings is 2. The third kappa shape index (κ3) is 3.86. The Labute approximate surface area is 166 Å². The number of hydrogen-bond acceptors (Lipinski definition) is 5. The molecule has 2 aromatic carbocycles. The minimum Gasteiger partial charge on any atom is -0.394 e. The van der Waals surface area contributed by atoms with E-state index < -0.39 is 36.6 Å². The molecule has 1 fully saturated rings. The van der Waals surface area contributed by atoms with Gasteiger partial charge in [0.2, 0.25) is 0 Å². The maximum atomic E-state index is 10.6. The zero-order chi connectivity index (χ0) is 20.5. The smallest absolute Gasteiger partial charge is 0.119 e. The number of aryl methyl sites for hydroxylation is 2. The van der Waals surface area contributed by atoms with Gasteiger partial charge < -0.3 is 25.2 Å². The summed E-state index contributed by atoms with van der Waals surface area (Å²) in [6, 6.07) is 14.3. The molecule has 1 aliphatic rings. The highest BCUT2D eigenvalue weighted by molar-refractivity contribution is 5.39. The van der Waals surface area contributed by atoms with Crippen molar-refractivity contribution in [3.63, 3.8) is 0 Å². The largest absolute Gasteiger partial charge is 0.394 e. The molecule has 152 valence electrons. The Kier molecular flexibility index (Phi) is 6.22. The molecule has 1 aliphatic heterocycles. The van der Waals surface area contributed by atoms with Crippen LogP contribution in [0.3, 0.4) is 0 Å². The number of aliphatic hydroxyl groups is 4. The lowest BCUT2D eigenvalue weighted by Crippen LogP contribution is -2.62. The van der Waals surface area contributed by atoms with Gasteiger partial charge in [0.25, 0.3) is 0 Å². The molecule has 3 rings (SSSR count). The fourth-order valence-corrected chi connectivity index (χ4v) is 3.85. The van der Waals surface area contributed by atoms with Gasteiger partial charge in [0.15, 0.2) is 0 Å². The van der Waals surface area contributed by atoms with Crippen LogP contribution < -0.4 is 0 Å². The monoisotopic (exact) mass is 386 g/mol. The van der Waals surface area contributed by atoms with Crippen molar-refractivity contribution in [2.75, 3.05) is 6.61 Å². The molecular weight excluding hydrogens is 356 g/mol. The van der Waals surface area contributed by atoms with Crippen molar-refractivity contribution >= 4 is 0 Å². The van der Waals surface area contributed by atoms with Gasteiger partial charge in [-0.3, -0.25) is 0 Å². The zero-order valence-electron chi connectivity index (χ0n) is 16.7. The molecule has 5 nitrogen and oxygen atoms in total. The summed E-state index contributed by atoms with van der Waals surface area (Å²) in [6.45, 7) is 5.40.